The number of aliphatic carboxylic acids is 1. The van der Waals surface area contributed by atoms with Gasteiger partial charge < -0.3 is 10.0 Å². The minimum Gasteiger partial charge on any atom is -0.481 e. The van der Waals surface area contributed by atoms with Crippen LogP contribution >= 0.6 is 0 Å². The molecule has 1 aromatic carbocycles. The number of carboxylic acids is 1. The summed E-state index contributed by atoms with van der Waals surface area (Å²) in [7, 11) is -3.76. The lowest BCUT2D eigenvalue weighted by atomic mass is 9.97. The molecule has 2 rings (SSSR count). The molecule has 1 aromatic rings. The van der Waals surface area contributed by atoms with Crippen molar-refractivity contribution >= 4 is 21.9 Å². The first-order chi connectivity index (χ1) is 10.8. The van der Waals surface area contributed by atoms with Crippen molar-refractivity contribution in [1.29, 1.82) is 0 Å². The molecule has 1 aliphatic rings. The molecule has 1 atom stereocenters. The van der Waals surface area contributed by atoms with Crippen molar-refractivity contribution in [3.05, 3.63) is 30.3 Å². The molecule has 1 unspecified atom stereocenters. The Morgan fingerprint density at radius 1 is 1.22 bits per heavy atom. The predicted molar refractivity (Wildman–Crippen MR) is 83.2 cm³/mol. The van der Waals surface area contributed by atoms with Gasteiger partial charge in [0.05, 0.1) is 16.9 Å². The molecule has 8 heteroatoms. The fourth-order valence-corrected chi connectivity index (χ4v) is 3.79. The van der Waals surface area contributed by atoms with Gasteiger partial charge in [0.25, 0.3) is 0 Å². The highest BCUT2D eigenvalue weighted by atomic mass is 32.2. The van der Waals surface area contributed by atoms with Crippen molar-refractivity contribution < 1.29 is 23.1 Å². The third-order valence-corrected chi connectivity index (χ3v) is 5.47. The maximum absolute atomic E-state index is 12.3. The molecule has 23 heavy (non-hydrogen) atoms. The molecule has 1 amide bonds. The lowest BCUT2D eigenvalue weighted by Gasteiger charge is -2.32. The van der Waals surface area contributed by atoms with Gasteiger partial charge in [0.1, 0.15) is 0 Å². The summed E-state index contributed by atoms with van der Waals surface area (Å²) in [5.74, 6) is -1.63. The van der Waals surface area contributed by atoms with E-state index >= 15 is 0 Å². The summed E-state index contributed by atoms with van der Waals surface area (Å²) in [6, 6.07) is 6.94. The van der Waals surface area contributed by atoms with Gasteiger partial charge in [-0.25, -0.2) is 8.42 Å². The van der Waals surface area contributed by atoms with E-state index in [-0.39, 0.29) is 10.8 Å². The minimum absolute atomic E-state index is 0.101. The minimum atomic E-state index is -3.76. The Morgan fingerprint density at radius 2 is 1.78 bits per heavy atom. The summed E-state index contributed by atoms with van der Waals surface area (Å²) in [5, 5.41) is 8.96. The summed E-state index contributed by atoms with van der Waals surface area (Å²) < 4.78 is 26.8. The van der Waals surface area contributed by atoms with Crippen molar-refractivity contribution in [3.63, 3.8) is 0 Å². The molecular weight excluding hydrogens is 320 g/mol. The van der Waals surface area contributed by atoms with Gasteiger partial charge in [-0.1, -0.05) is 18.2 Å². The second-order valence-corrected chi connectivity index (χ2v) is 7.31. The van der Waals surface area contributed by atoms with E-state index in [0.717, 1.165) is 0 Å². The largest absolute Gasteiger partial charge is 0.481 e. The highest BCUT2D eigenvalue weighted by Gasteiger charge is 2.30. The summed E-state index contributed by atoms with van der Waals surface area (Å²) in [6.45, 7) is 2.15. The zero-order chi connectivity index (χ0) is 17.0. The molecule has 0 aliphatic carbocycles. The highest BCUT2D eigenvalue weighted by Crippen LogP contribution is 2.18. The molecule has 1 fully saturated rings. The normalized spacial score (nSPS) is 17.7. The first-order valence-electron chi connectivity index (χ1n) is 7.40. The van der Waals surface area contributed by atoms with Gasteiger partial charge in [-0.3, -0.25) is 9.59 Å². The lowest BCUT2D eigenvalue weighted by Crippen LogP contribution is -2.49. The van der Waals surface area contributed by atoms with Gasteiger partial charge in [0.15, 0.2) is 0 Å². The number of nitrogens with one attached hydrogen (secondary N) is 1. The number of carbonyl (C=O) groups excluding carboxylic acids is 1. The molecule has 126 valence electrons. The number of hydrogen-bond donors (Lipinski definition) is 2. The molecule has 1 heterocycles. The number of carbonyl (C=O) groups is 2. The van der Waals surface area contributed by atoms with Gasteiger partial charge in [0.2, 0.25) is 15.9 Å². The number of carboxylic acid groups (broad SMARTS) is 1. The molecule has 1 aliphatic heterocycles. The SMILES string of the molecule is CC(NS(=O)(=O)c1ccccc1)C(=O)N1CCC(C(=O)O)CC1. The summed E-state index contributed by atoms with van der Waals surface area (Å²) in [5.41, 5.74) is 0. The number of amides is 1. The van der Waals surface area contributed by atoms with Crippen LogP contribution in [0.1, 0.15) is 19.8 Å². The number of benzene rings is 1. The van der Waals surface area contributed by atoms with Gasteiger partial charge in [0, 0.05) is 13.1 Å². The van der Waals surface area contributed by atoms with Gasteiger partial charge >= 0.3 is 5.97 Å². The third kappa shape index (κ3) is 4.29. The second-order valence-electron chi connectivity index (χ2n) is 5.59. The van der Waals surface area contributed by atoms with Crippen molar-refractivity contribution in [3.8, 4) is 0 Å². The summed E-state index contributed by atoms with van der Waals surface area (Å²) in [4.78, 5) is 24.9. The van der Waals surface area contributed by atoms with Crippen molar-refractivity contribution in [2.75, 3.05) is 13.1 Å². The van der Waals surface area contributed by atoms with E-state index < -0.39 is 28.0 Å². The van der Waals surface area contributed by atoms with E-state index in [1.165, 1.54) is 24.0 Å². The zero-order valence-electron chi connectivity index (χ0n) is 12.8. The predicted octanol–water partition coefficient (Wildman–Crippen LogP) is 0.677. The van der Waals surface area contributed by atoms with E-state index in [1.54, 1.807) is 18.2 Å². The van der Waals surface area contributed by atoms with Crippen LogP contribution in [0.25, 0.3) is 0 Å². The van der Waals surface area contributed by atoms with E-state index in [0.29, 0.717) is 25.9 Å². The van der Waals surface area contributed by atoms with Crippen LogP contribution in [-0.2, 0) is 19.6 Å². The van der Waals surface area contributed by atoms with Gasteiger partial charge in [-0.2, -0.15) is 4.72 Å². The van der Waals surface area contributed by atoms with Crippen LogP contribution in [-0.4, -0.2) is 49.4 Å². The van der Waals surface area contributed by atoms with Crippen LogP contribution in [0.15, 0.2) is 35.2 Å². The quantitative estimate of drug-likeness (QED) is 0.820. The summed E-state index contributed by atoms with van der Waals surface area (Å²) >= 11 is 0. The first-order valence-corrected chi connectivity index (χ1v) is 8.88. The van der Waals surface area contributed by atoms with Crippen molar-refractivity contribution in [2.24, 2.45) is 5.92 Å². The van der Waals surface area contributed by atoms with Gasteiger partial charge in [-0.15, -0.1) is 0 Å². The average Bonchev–Trinajstić information content (AvgIpc) is 2.54. The monoisotopic (exact) mass is 340 g/mol. The Labute approximate surface area is 135 Å². The van der Waals surface area contributed by atoms with Crippen molar-refractivity contribution in [1.82, 2.24) is 9.62 Å². The number of hydrogen-bond acceptors (Lipinski definition) is 4. The third-order valence-electron chi connectivity index (χ3n) is 3.91. The van der Waals surface area contributed by atoms with E-state index in [1.807, 2.05) is 0 Å². The zero-order valence-corrected chi connectivity index (χ0v) is 13.6. The number of piperidine rings is 1. The molecule has 7 nitrogen and oxygen atoms in total. The molecule has 0 saturated carbocycles. The molecule has 0 bridgehead atoms. The molecule has 0 spiro atoms. The molecular formula is C15H20N2O5S. The number of sulfonamides is 1. The lowest BCUT2D eigenvalue weighted by molar-refractivity contribution is -0.146. The molecule has 0 radical (unpaired) electrons. The molecule has 1 saturated heterocycles. The van der Waals surface area contributed by atoms with Crippen LogP contribution in [0.2, 0.25) is 0 Å². The molecule has 0 aromatic heterocycles. The Balaban J connectivity index is 1.97. The molecule has 2 N–H and O–H groups in total. The van der Waals surface area contributed by atoms with Crippen LogP contribution in [0.5, 0.6) is 0 Å². The standard InChI is InChI=1S/C15H20N2O5S/c1-11(16-23(21,22)13-5-3-2-4-6-13)14(18)17-9-7-12(8-10-17)15(19)20/h2-6,11-12,16H,7-10H2,1H3,(H,19,20). The first kappa shape index (κ1) is 17.4. The Kier molecular flexibility index (Phi) is 5.38. The van der Waals surface area contributed by atoms with Gasteiger partial charge in [-0.05, 0) is 31.9 Å². The number of rotatable bonds is 5. The highest BCUT2D eigenvalue weighted by molar-refractivity contribution is 7.89. The van der Waals surface area contributed by atoms with Crippen LogP contribution in [0, 0.1) is 5.92 Å². The van der Waals surface area contributed by atoms with Crippen LogP contribution in [0.3, 0.4) is 0 Å². The van der Waals surface area contributed by atoms with E-state index in [4.69, 9.17) is 5.11 Å². The maximum atomic E-state index is 12.3. The van der Waals surface area contributed by atoms with Crippen LogP contribution < -0.4 is 4.72 Å². The fraction of sp³-hybridized carbons (Fsp3) is 0.467. The van der Waals surface area contributed by atoms with E-state index in [2.05, 4.69) is 4.72 Å². The Hall–Kier alpha value is -1.93. The topological polar surface area (TPSA) is 104 Å². The Bertz CT molecular complexity index is 666. The Morgan fingerprint density at radius 3 is 2.30 bits per heavy atom. The second kappa shape index (κ2) is 7.10. The number of nitrogens with zero attached hydrogens (tertiary/aromatic N) is 1. The maximum Gasteiger partial charge on any atom is 0.306 e. The summed E-state index contributed by atoms with van der Waals surface area (Å²) in [6.07, 6.45) is 0.776. The number of likely N-dealkylation sites (tertiary alicyclic amines) is 1. The van der Waals surface area contributed by atoms with Crippen LogP contribution in [0.4, 0.5) is 0 Å². The smallest absolute Gasteiger partial charge is 0.306 e. The van der Waals surface area contributed by atoms with E-state index in [9.17, 15) is 18.0 Å². The fourth-order valence-electron chi connectivity index (χ4n) is 2.57. The average molecular weight is 340 g/mol. The van der Waals surface area contributed by atoms with Crippen molar-refractivity contribution in [2.45, 2.75) is 30.7 Å².